The summed E-state index contributed by atoms with van der Waals surface area (Å²) in [4.78, 5) is 0. The third kappa shape index (κ3) is 4.12. The van der Waals surface area contributed by atoms with Crippen LogP contribution in [0, 0.1) is 5.92 Å². The van der Waals surface area contributed by atoms with Crippen molar-refractivity contribution in [2.45, 2.75) is 19.4 Å². The Labute approximate surface area is 157 Å². The maximum absolute atomic E-state index is 3.88. The Hall–Kier alpha value is -2.09. The van der Waals surface area contributed by atoms with E-state index in [4.69, 9.17) is 0 Å². The zero-order valence-electron chi connectivity index (χ0n) is 14.9. The Morgan fingerprint density at radius 3 is 1.24 bits per heavy atom. The molecule has 3 aromatic carbocycles. The van der Waals surface area contributed by atoms with Crippen LogP contribution in [0.4, 0.5) is 0 Å². The summed E-state index contributed by atoms with van der Waals surface area (Å²) >= 11 is 0. The van der Waals surface area contributed by atoms with E-state index in [0.29, 0.717) is 5.92 Å². The minimum Gasteiger partial charge on any atom is -0.300 e. The third-order valence-electron chi connectivity index (χ3n) is 4.40. The lowest BCUT2D eigenvalue weighted by atomic mass is 9.77. The van der Waals surface area contributed by atoms with Gasteiger partial charge in [-0.1, -0.05) is 105 Å². The Balaban J connectivity index is 0.00000225. The molecule has 0 amide bonds. The highest BCUT2D eigenvalue weighted by atomic mass is 35.5. The number of hydrogen-bond donors (Lipinski definition) is 1. The van der Waals surface area contributed by atoms with Crippen molar-refractivity contribution in [1.82, 2.24) is 5.32 Å². The Bertz CT molecular complexity index is 642. The molecule has 0 aliphatic heterocycles. The summed E-state index contributed by atoms with van der Waals surface area (Å²) in [5, 5.41) is 3.88. The maximum Gasteiger partial charge on any atom is 0.0948 e. The van der Waals surface area contributed by atoms with Gasteiger partial charge in [-0.05, 0) is 29.2 Å². The van der Waals surface area contributed by atoms with Crippen LogP contribution in [0.5, 0.6) is 0 Å². The van der Waals surface area contributed by atoms with E-state index < -0.39 is 0 Å². The molecule has 0 radical (unpaired) electrons. The van der Waals surface area contributed by atoms with Crippen LogP contribution in [0.1, 0.15) is 30.5 Å². The fraction of sp³-hybridized carbons (Fsp3) is 0.217. The van der Waals surface area contributed by atoms with E-state index in [2.05, 4.69) is 110 Å². The topological polar surface area (TPSA) is 12.0 Å². The lowest BCUT2D eigenvalue weighted by Gasteiger charge is -2.37. The lowest BCUT2D eigenvalue weighted by molar-refractivity contribution is 0.428. The van der Waals surface area contributed by atoms with Crippen molar-refractivity contribution >= 4 is 12.4 Å². The van der Waals surface area contributed by atoms with Gasteiger partial charge in [0.1, 0.15) is 0 Å². The van der Waals surface area contributed by atoms with Crippen LogP contribution in [0.25, 0.3) is 0 Å². The van der Waals surface area contributed by atoms with Crippen molar-refractivity contribution in [2.24, 2.45) is 5.92 Å². The molecule has 0 atom stereocenters. The number of halogens is 1. The van der Waals surface area contributed by atoms with Gasteiger partial charge in [0.05, 0.1) is 5.54 Å². The van der Waals surface area contributed by atoms with Crippen LogP contribution in [0.2, 0.25) is 0 Å². The highest BCUT2D eigenvalue weighted by molar-refractivity contribution is 5.85. The molecular formula is C23H26ClN. The standard InChI is InChI=1S/C23H25N.ClH/c1-19(2)18-24-23(20-12-6-3-7-13-20,21-14-8-4-9-15-21)22-16-10-5-11-17-22;/h3-17,19,24H,18H2,1-2H3;1H. The van der Waals surface area contributed by atoms with Crippen molar-refractivity contribution < 1.29 is 0 Å². The first-order valence-electron chi connectivity index (χ1n) is 8.65. The fourth-order valence-electron chi connectivity index (χ4n) is 3.23. The molecule has 1 N–H and O–H groups in total. The summed E-state index contributed by atoms with van der Waals surface area (Å²) in [5.74, 6) is 0.570. The van der Waals surface area contributed by atoms with Crippen molar-refractivity contribution in [1.29, 1.82) is 0 Å². The first-order valence-corrected chi connectivity index (χ1v) is 8.65. The molecule has 0 saturated heterocycles. The molecule has 0 aromatic heterocycles. The minimum absolute atomic E-state index is 0. The van der Waals surface area contributed by atoms with Crippen LogP contribution >= 0.6 is 12.4 Å². The second-order valence-corrected chi connectivity index (χ2v) is 6.62. The summed E-state index contributed by atoms with van der Waals surface area (Å²) in [6.07, 6.45) is 0. The van der Waals surface area contributed by atoms with Crippen molar-refractivity contribution in [2.75, 3.05) is 6.54 Å². The van der Waals surface area contributed by atoms with Crippen LogP contribution in [0.15, 0.2) is 91.0 Å². The second-order valence-electron chi connectivity index (χ2n) is 6.62. The summed E-state index contributed by atoms with van der Waals surface area (Å²) in [5.41, 5.74) is 3.46. The van der Waals surface area contributed by atoms with E-state index >= 15 is 0 Å². The van der Waals surface area contributed by atoms with Gasteiger partial charge in [0.15, 0.2) is 0 Å². The SMILES string of the molecule is CC(C)CNC(c1ccccc1)(c1ccccc1)c1ccccc1.Cl. The molecule has 0 bridgehead atoms. The first kappa shape index (κ1) is 19.2. The molecule has 130 valence electrons. The highest BCUT2D eigenvalue weighted by Crippen LogP contribution is 2.36. The zero-order valence-corrected chi connectivity index (χ0v) is 15.7. The summed E-state index contributed by atoms with van der Waals surface area (Å²) < 4.78 is 0. The smallest absolute Gasteiger partial charge is 0.0948 e. The van der Waals surface area contributed by atoms with Gasteiger partial charge < -0.3 is 0 Å². The number of hydrogen-bond acceptors (Lipinski definition) is 1. The quantitative estimate of drug-likeness (QED) is 0.566. The number of benzene rings is 3. The van der Waals surface area contributed by atoms with E-state index in [1.807, 2.05) is 0 Å². The lowest BCUT2D eigenvalue weighted by Crippen LogP contribution is -2.46. The molecule has 3 rings (SSSR count). The van der Waals surface area contributed by atoms with Crippen molar-refractivity contribution in [3.63, 3.8) is 0 Å². The molecule has 3 aromatic rings. The van der Waals surface area contributed by atoms with Gasteiger partial charge in [-0.2, -0.15) is 0 Å². The van der Waals surface area contributed by atoms with E-state index in [9.17, 15) is 0 Å². The molecule has 0 aliphatic rings. The molecule has 0 fully saturated rings. The van der Waals surface area contributed by atoms with Gasteiger partial charge in [-0.15, -0.1) is 12.4 Å². The minimum atomic E-state index is -0.339. The largest absolute Gasteiger partial charge is 0.300 e. The molecule has 0 spiro atoms. The van der Waals surface area contributed by atoms with Gasteiger partial charge in [0.2, 0.25) is 0 Å². The molecule has 0 unspecified atom stereocenters. The van der Waals surface area contributed by atoms with Crippen LogP contribution in [0.3, 0.4) is 0 Å². The molecule has 0 heterocycles. The Morgan fingerprint density at radius 2 is 0.960 bits per heavy atom. The number of nitrogens with one attached hydrogen (secondary N) is 1. The van der Waals surface area contributed by atoms with Crippen LogP contribution in [-0.4, -0.2) is 6.54 Å². The van der Waals surface area contributed by atoms with Crippen molar-refractivity contribution in [3.05, 3.63) is 108 Å². The molecule has 0 saturated carbocycles. The summed E-state index contributed by atoms with van der Waals surface area (Å²) in [6, 6.07) is 32.2. The molecular weight excluding hydrogens is 326 g/mol. The monoisotopic (exact) mass is 351 g/mol. The Kier molecular flexibility index (Phi) is 6.81. The second kappa shape index (κ2) is 8.84. The predicted molar refractivity (Wildman–Crippen MR) is 109 cm³/mol. The average molecular weight is 352 g/mol. The Morgan fingerprint density at radius 1 is 0.640 bits per heavy atom. The molecule has 2 heteroatoms. The van der Waals surface area contributed by atoms with E-state index in [0.717, 1.165) is 6.54 Å². The molecule has 0 aliphatic carbocycles. The molecule has 1 nitrogen and oxygen atoms in total. The van der Waals surface area contributed by atoms with E-state index in [1.54, 1.807) is 0 Å². The first-order chi connectivity index (χ1) is 11.7. The van der Waals surface area contributed by atoms with Gasteiger partial charge in [-0.3, -0.25) is 5.32 Å². The van der Waals surface area contributed by atoms with Gasteiger partial charge in [0.25, 0.3) is 0 Å². The van der Waals surface area contributed by atoms with Gasteiger partial charge in [0, 0.05) is 0 Å². The van der Waals surface area contributed by atoms with Gasteiger partial charge >= 0.3 is 0 Å². The normalized spacial score (nSPS) is 11.2. The summed E-state index contributed by atoms with van der Waals surface area (Å²) in [6.45, 7) is 5.44. The van der Waals surface area contributed by atoms with E-state index in [1.165, 1.54) is 16.7 Å². The highest BCUT2D eigenvalue weighted by Gasteiger charge is 2.35. The zero-order chi connectivity index (χ0) is 16.8. The fourth-order valence-corrected chi connectivity index (χ4v) is 3.23. The molecule has 25 heavy (non-hydrogen) atoms. The predicted octanol–water partition coefficient (Wildman–Crippen LogP) is 5.65. The van der Waals surface area contributed by atoms with Crippen LogP contribution < -0.4 is 5.32 Å². The average Bonchev–Trinajstić information content (AvgIpc) is 2.65. The third-order valence-corrected chi connectivity index (χ3v) is 4.40. The van der Waals surface area contributed by atoms with Gasteiger partial charge in [-0.25, -0.2) is 0 Å². The number of rotatable bonds is 6. The van der Waals surface area contributed by atoms with Crippen LogP contribution in [-0.2, 0) is 5.54 Å². The summed E-state index contributed by atoms with van der Waals surface area (Å²) in [7, 11) is 0. The van der Waals surface area contributed by atoms with Crippen molar-refractivity contribution in [3.8, 4) is 0 Å². The van der Waals surface area contributed by atoms with E-state index in [-0.39, 0.29) is 17.9 Å². The maximum atomic E-state index is 3.88.